The first-order valence-electron chi connectivity index (χ1n) is 8.83. The molecular formula is C18H18N6OS2. The summed E-state index contributed by atoms with van der Waals surface area (Å²) >= 11 is 3.08. The van der Waals surface area contributed by atoms with Gasteiger partial charge in [-0.05, 0) is 43.6 Å². The van der Waals surface area contributed by atoms with Gasteiger partial charge in [0.15, 0.2) is 14.8 Å². The van der Waals surface area contributed by atoms with Crippen LogP contribution in [0.15, 0.2) is 30.6 Å². The van der Waals surface area contributed by atoms with E-state index in [9.17, 15) is 5.11 Å². The van der Waals surface area contributed by atoms with Crippen LogP contribution in [0, 0.1) is 0 Å². The molecule has 0 radical (unpaired) electrons. The minimum absolute atomic E-state index is 0.211. The average Bonchev–Trinajstić information content (AvgIpc) is 3.39. The number of aromatic nitrogens is 4. The van der Waals surface area contributed by atoms with Crippen molar-refractivity contribution in [1.29, 1.82) is 0 Å². The predicted molar refractivity (Wildman–Crippen MR) is 109 cm³/mol. The first-order valence-corrected chi connectivity index (χ1v) is 10.5. The Balaban J connectivity index is 1.39. The van der Waals surface area contributed by atoms with Crippen molar-refractivity contribution in [3.05, 3.63) is 30.6 Å². The third-order valence-corrected chi connectivity index (χ3v) is 6.69. The maximum Gasteiger partial charge on any atom is 0.186 e. The number of aromatic hydroxyl groups is 1. The molecular weight excluding hydrogens is 380 g/mol. The minimum atomic E-state index is 0.211. The van der Waals surface area contributed by atoms with E-state index in [4.69, 9.17) is 4.98 Å². The third-order valence-electron chi connectivity index (χ3n) is 4.70. The van der Waals surface area contributed by atoms with Crippen molar-refractivity contribution >= 4 is 37.5 Å². The van der Waals surface area contributed by atoms with Crippen LogP contribution in [0.25, 0.3) is 31.4 Å². The number of phenols is 1. The molecule has 138 valence electrons. The van der Waals surface area contributed by atoms with Crippen LogP contribution in [0.2, 0.25) is 0 Å². The molecule has 5 rings (SSSR count). The zero-order valence-corrected chi connectivity index (χ0v) is 16.0. The number of hydrogen-bond donors (Lipinski definition) is 4. The number of benzene rings is 1. The zero-order valence-electron chi connectivity index (χ0n) is 14.4. The van der Waals surface area contributed by atoms with Gasteiger partial charge >= 0.3 is 0 Å². The Bertz CT molecular complexity index is 1030. The van der Waals surface area contributed by atoms with E-state index in [2.05, 4.69) is 25.8 Å². The highest BCUT2D eigenvalue weighted by Crippen LogP contribution is 2.39. The molecule has 1 aliphatic heterocycles. The predicted octanol–water partition coefficient (Wildman–Crippen LogP) is 3.68. The molecule has 27 heavy (non-hydrogen) atoms. The number of H-pyrrole nitrogens is 1. The van der Waals surface area contributed by atoms with Gasteiger partial charge in [-0.25, -0.2) is 9.97 Å². The lowest BCUT2D eigenvalue weighted by Crippen LogP contribution is -2.35. The molecule has 1 aromatic carbocycles. The fraction of sp³-hybridized carbons (Fsp3) is 0.278. The SMILES string of the molecule is Oc1cc(-c2cn[nH]c2)ccc1-c1nc2sc(NC3CCNCC3)nc2s1. The number of anilines is 1. The fourth-order valence-corrected chi connectivity index (χ4v) is 5.31. The molecule has 1 saturated heterocycles. The number of piperidine rings is 1. The molecule has 4 heterocycles. The van der Waals surface area contributed by atoms with Crippen molar-refractivity contribution in [2.45, 2.75) is 18.9 Å². The van der Waals surface area contributed by atoms with Gasteiger partial charge in [0.25, 0.3) is 0 Å². The summed E-state index contributed by atoms with van der Waals surface area (Å²) in [5.41, 5.74) is 2.58. The van der Waals surface area contributed by atoms with Crippen LogP contribution in [0.3, 0.4) is 0 Å². The van der Waals surface area contributed by atoms with Crippen LogP contribution in [0.5, 0.6) is 5.75 Å². The maximum atomic E-state index is 10.5. The van der Waals surface area contributed by atoms with Crippen LogP contribution in [0.1, 0.15) is 12.8 Å². The number of hydrogen-bond acceptors (Lipinski definition) is 8. The number of aromatic amines is 1. The molecule has 0 aliphatic carbocycles. The lowest BCUT2D eigenvalue weighted by Gasteiger charge is -2.23. The summed E-state index contributed by atoms with van der Waals surface area (Å²) < 4.78 is 0. The molecule has 0 spiro atoms. The standard InChI is InChI=1S/C18H18N6OS2/c25-14-7-10(11-8-20-21-9-11)1-2-13(14)15-23-16-17(26-15)24-18(27-16)22-12-3-5-19-6-4-12/h1-2,7-9,12,19,25H,3-6H2,(H,20,21)(H,22,24). The first-order chi connectivity index (χ1) is 13.3. The van der Waals surface area contributed by atoms with Gasteiger partial charge < -0.3 is 15.7 Å². The largest absolute Gasteiger partial charge is 0.507 e. The monoisotopic (exact) mass is 398 g/mol. The molecule has 0 bridgehead atoms. The average molecular weight is 399 g/mol. The van der Waals surface area contributed by atoms with E-state index < -0.39 is 0 Å². The molecule has 9 heteroatoms. The Morgan fingerprint density at radius 1 is 1.07 bits per heavy atom. The van der Waals surface area contributed by atoms with E-state index in [0.29, 0.717) is 6.04 Å². The number of nitrogens with one attached hydrogen (secondary N) is 3. The summed E-state index contributed by atoms with van der Waals surface area (Å²) in [6.07, 6.45) is 5.76. The van der Waals surface area contributed by atoms with Crippen LogP contribution in [-0.4, -0.2) is 44.4 Å². The second-order valence-electron chi connectivity index (χ2n) is 6.54. The molecule has 4 aromatic rings. The molecule has 0 atom stereocenters. The normalized spacial score (nSPS) is 15.4. The number of phenolic OH excluding ortho intramolecular Hbond substituents is 1. The van der Waals surface area contributed by atoms with Crippen LogP contribution in [-0.2, 0) is 0 Å². The van der Waals surface area contributed by atoms with E-state index in [1.165, 1.54) is 11.3 Å². The summed E-state index contributed by atoms with van der Waals surface area (Å²) in [6, 6.07) is 6.08. The van der Waals surface area contributed by atoms with Crippen molar-refractivity contribution < 1.29 is 5.11 Å². The molecule has 1 aliphatic rings. The Labute approximate surface area is 163 Å². The molecule has 0 unspecified atom stereocenters. The van der Waals surface area contributed by atoms with E-state index in [1.54, 1.807) is 29.8 Å². The highest BCUT2D eigenvalue weighted by atomic mass is 32.1. The Morgan fingerprint density at radius 3 is 2.67 bits per heavy atom. The Hall–Kier alpha value is -2.49. The molecule has 0 amide bonds. The van der Waals surface area contributed by atoms with E-state index >= 15 is 0 Å². The zero-order chi connectivity index (χ0) is 18.2. The summed E-state index contributed by atoms with van der Waals surface area (Å²) in [5.74, 6) is 0.211. The van der Waals surface area contributed by atoms with Gasteiger partial charge in [-0.3, -0.25) is 5.10 Å². The van der Waals surface area contributed by atoms with Gasteiger partial charge in [0.2, 0.25) is 0 Å². The number of fused-ring (bicyclic) bond motifs is 1. The van der Waals surface area contributed by atoms with Gasteiger partial charge in [-0.15, -0.1) is 0 Å². The first kappa shape index (κ1) is 16.7. The summed E-state index contributed by atoms with van der Waals surface area (Å²) in [7, 11) is 0. The van der Waals surface area contributed by atoms with Crippen LogP contribution >= 0.6 is 22.7 Å². The van der Waals surface area contributed by atoms with E-state index in [-0.39, 0.29) is 5.75 Å². The van der Waals surface area contributed by atoms with E-state index in [0.717, 1.165) is 62.4 Å². The highest BCUT2D eigenvalue weighted by molar-refractivity contribution is 7.29. The van der Waals surface area contributed by atoms with E-state index in [1.807, 2.05) is 12.1 Å². The van der Waals surface area contributed by atoms with Gasteiger partial charge in [0.05, 0.1) is 11.8 Å². The van der Waals surface area contributed by atoms with Crippen molar-refractivity contribution in [3.63, 3.8) is 0 Å². The highest BCUT2D eigenvalue weighted by Gasteiger charge is 2.18. The summed E-state index contributed by atoms with van der Waals surface area (Å²) in [5, 5.41) is 25.8. The van der Waals surface area contributed by atoms with Crippen molar-refractivity contribution in [3.8, 4) is 27.4 Å². The summed E-state index contributed by atoms with van der Waals surface area (Å²) in [6.45, 7) is 2.10. The topological polar surface area (TPSA) is 98.8 Å². The smallest absolute Gasteiger partial charge is 0.186 e. The second kappa shape index (κ2) is 6.91. The molecule has 3 aromatic heterocycles. The molecule has 0 saturated carbocycles. The summed E-state index contributed by atoms with van der Waals surface area (Å²) in [4.78, 5) is 11.2. The fourth-order valence-electron chi connectivity index (χ4n) is 3.26. The maximum absolute atomic E-state index is 10.5. The quantitative estimate of drug-likeness (QED) is 0.419. The lowest BCUT2D eigenvalue weighted by molar-refractivity contribution is 0.477. The van der Waals surface area contributed by atoms with Gasteiger partial charge in [0.1, 0.15) is 10.8 Å². The van der Waals surface area contributed by atoms with Crippen molar-refractivity contribution in [2.24, 2.45) is 0 Å². The Morgan fingerprint density at radius 2 is 1.93 bits per heavy atom. The van der Waals surface area contributed by atoms with Crippen molar-refractivity contribution in [2.75, 3.05) is 18.4 Å². The lowest BCUT2D eigenvalue weighted by atomic mass is 10.1. The third kappa shape index (κ3) is 3.29. The van der Waals surface area contributed by atoms with Gasteiger partial charge in [0, 0.05) is 17.8 Å². The molecule has 4 N–H and O–H groups in total. The number of nitrogens with zero attached hydrogens (tertiary/aromatic N) is 3. The Kier molecular flexibility index (Phi) is 4.27. The van der Waals surface area contributed by atoms with Crippen molar-refractivity contribution in [1.82, 2.24) is 25.5 Å². The van der Waals surface area contributed by atoms with Gasteiger partial charge in [-0.1, -0.05) is 28.7 Å². The van der Waals surface area contributed by atoms with Gasteiger partial charge in [-0.2, -0.15) is 5.10 Å². The van der Waals surface area contributed by atoms with Crippen LogP contribution < -0.4 is 10.6 Å². The van der Waals surface area contributed by atoms with Crippen LogP contribution in [0.4, 0.5) is 5.13 Å². The minimum Gasteiger partial charge on any atom is -0.507 e. The second-order valence-corrected chi connectivity index (χ2v) is 8.49. The number of rotatable bonds is 4. The number of thiazole rings is 2. The molecule has 1 fully saturated rings. The molecule has 7 nitrogen and oxygen atoms in total.